The summed E-state index contributed by atoms with van der Waals surface area (Å²) in [5, 5.41) is 0. The fourth-order valence-corrected chi connectivity index (χ4v) is 5.09. The van der Waals surface area contributed by atoms with Gasteiger partial charge in [0.1, 0.15) is 10.7 Å². The van der Waals surface area contributed by atoms with Crippen LogP contribution in [0.25, 0.3) is 0 Å². The highest BCUT2D eigenvalue weighted by atomic mass is 32.2. The summed E-state index contributed by atoms with van der Waals surface area (Å²) in [5.41, 5.74) is 1.98. The van der Waals surface area contributed by atoms with Crippen molar-refractivity contribution in [1.29, 1.82) is 0 Å². The molecule has 2 aromatic rings. The Morgan fingerprint density at radius 3 is 2.50 bits per heavy atom. The Balaban J connectivity index is 1.88. The second-order valence-corrected chi connectivity index (χ2v) is 9.91. The summed E-state index contributed by atoms with van der Waals surface area (Å²) in [7, 11) is -7.39. The van der Waals surface area contributed by atoms with Gasteiger partial charge in [0.15, 0.2) is 0 Å². The van der Waals surface area contributed by atoms with Crippen molar-refractivity contribution in [3.8, 4) is 0 Å². The number of sulfonamides is 2. The second kappa shape index (κ2) is 6.98. The number of hydrogen-bond donors (Lipinski definition) is 1. The summed E-state index contributed by atoms with van der Waals surface area (Å²) in [6.07, 6.45) is 0.564. The van der Waals surface area contributed by atoms with Gasteiger partial charge in [-0.3, -0.25) is 4.72 Å². The predicted molar refractivity (Wildman–Crippen MR) is 97.2 cm³/mol. The van der Waals surface area contributed by atoms with E-state index in [9.17, 15) is 21.2 Å². The van der Waals surface area contributed by atoms with Gasteiger partial charge in [-0.1, -0.05) is 18.2 Å². The van der Waals surface area contributed by atoms with Crippen LogP contribution in [0.3, 0.4) is 0 Å². The van der Waals surface area contributed by atoms with Gasteiger partial charge in [-0.2, -0.15) is 4.31 Å². The Morgan fingerprint density at radius 1 is 1.08 bits per heavy atom. The van der Waals surface area contributed by atoms with Crippen LogP contribution in [0.1, 0.15) is 18.1 Å². The smallest absolute Gasteiger partial charge is 0.264 e. The lowest BCUT2D eigenvalue weighted by molar-refractivity contribution is 0.392. The first-order valence-corrected chi connectivity index (χ1v) is 11.2. The molecule has 0 amide bonds. The van der Waals surface area contributed by atoms with Crippen LogP contribution < -0.4 is 4.72 Å². The molecule has 140 valence electrons. The Labute approximate surface area is 152 Å². The third-order valence-corrected chi connectivity index (χ3v) is 7.56. The van der Waals surface area contributed by atoms with Gasteiger partial charge >= 0.3 is 0 Å². The average Bonchev–Trinajstić information content (AvgIpc) is 2.61. The van der Waals surface area contributed by atoms with Crippen LogP contribution in [0.2, 0.25) is 0 Å². The maximum absolute atomic E-state index is 13.8. The lowest BCUT2D eigenvalue weighted by Gasteiger charge is -2.28. The Kier molecular flexibility index (Phi) is 5.05. The highest BCUT2D eigenvalue weighted by molar-refractivity contribution is 7.92. The summed E-state index contributed by atoms with van der Waals surface area (Å²) >= 11 is 0. The molecule has 0 fully saturated rings. The van der Waals surface area contributed by atoms with Crippen molar-refractivity contribution in [3.05, 3.63) is 59.4 Å². The van der Waals surface area contributed by atoms with E-state index in [0.29, 0.717) is 13.0 Å². The minimum absolute atomic E-state index is 0.0158. The number of anilines is 1. The van der Waals surface area contributed by atoms with Gasteiger partial charge in [-0.15, -0.1) is 0 Å². The molecule has 1 heterocycles. The molecule has 0 aliphatic carbocycles. The van der Waals surface area contributed by atoms with Crippen LogP contribution >= 0.6 is 0 Å². The molecule has 0 saturated heterocycles. The molecule has 0 unspecified atom stereocenters. The largest absolute Gasteiger partial charge is 0.280 e. The number of fused-ring (bicyclic) bond motifs is 1. The Hall–Kier alpha value is -1.97. The molecule has 0 atom stereocenters. The zero-order valence-corrected chi connectivity index (χ0v) is 15.8. The van der Waals surface area contributed by atoms with Gasteiger partial charge in [0.2, 0.25) is 10.0 Å². The Bertz CT molecular complexity index is 1040. The van der Waals surface area contributed by atoms with Crippen molar-refractivity contribution in [3.63, 3.8) is 0 Å². The predicted octanol–water partition coefficient (Wildman–Crippen LogP) is 2.33. The number of hydrogen-bond acceptors (Lipinski definition) is 4. The van der Waals surface area contributed by atoms with Crippen molar-refractivity contribution >= 4 is 25.7 Å². The quantitative estimate of drug-likeness (QED) is 0.838. The van der Waals surface area contributed by atoms with Gasteiger partial charge < -0.3 is 0 Å². The minimum atomic E-state index is -4.07. The molecular formula is C17H19FN2O4S2. The molecule has 0 bridgehead atoms. The number of rotatable bonds is 5. The molecule has 0 saturated carbocycles. The SMILES string of the molecule is CCS(=O)(=O)N1CCc2ccc(NS(=O)(=O)c3ccccc3F)cc2C1. The van der Waals surface area contributed by atoms with E-state index < -0.39 is 30.8 Å². The monoisotopic (exact) mass is 398 g/mol. The summed E-state index contributed by atoms with van der Waals surface area (Å²) < 4.78 is 66.5. The summed E-state index contributed by atoms with van der Waals surface area (Å²) in [6.45, 7) is 2.19. The van der Waals surface area contributed by atoms with Crippen LogP contribution in [0, 0.1) is 5.82 Å². The lowest BCUT2D eigenvalue weighted by Crippen LogP contribution is -2.36. The van der Waals surface area contributed by atoms with Crippen LogP contribution in [0.4, 0.5) is 10.1 Å². The maximum Gasteiger partial charge on any atom is 0.264 e. The molecule has 9 heteroatoms. The molecule has 3 rings (SSSR count). The molecule has 26 heavy (non-hydrogen) atoms. The third kappa shape index (κ3) is 3.74. The zero-order chi connectivity index (χ0) is 18.9. The maximum atomic E-state index is 13.8. The Morgan fingerprint density at radius 2 is 1.81 bits per heavy atom. The van der Waals surface area contributed by atoms with Crippen LogP contribution in [0.5, 0.6) is 0 Å². The minimum Gasteiger partial charge on any atom is -0.280 e. The molecular weight excluding hydrogens is 379 g/mol. The summed E-state index contributed by atoms with van der Waals surface area (Å²) in [6, 6.07) is 10.1. The first-order chi connectivity index (χ1) is 12.2. The van der Waals surface area contributed by atoms with Crippen molar-refractivity contribution in [2.24, 2.45) is 0 Å². The number of nitrogens with zero attached hydrogens (tertiary/aromatic N) is 1. The molecule has 1 aliphatic heterocycles. The van der Waals surface area contributed by atoms with Crippen LogP contribution in [-0.4, -0.2) is 33.4 Å². The molecule has 1 N–H and O–H groups in total. The molecule has 2 aromatic carbocycles. The van der Waals surface area contributed by atoms with Crippen LogP contribution in [0.15, 0.2) is 47.4 Å². The second-order valence-electron chi connectivity index (χ2n) is 6.00. The van der Waals surface area contributed by atoms with E-state index in [4.69, 9.17) is 0 Å². The third-order valence-electron chi connectivity index (χ3n) is 4.32. The molecule has 6 nitrogen and oxygen atoms in total. The highest BCUT2D eigenvalue weighted by Crippen LogP contribution is 2.26. The molecule has 1 aliphatic rings. The highest BCUT2D eigenvalue weighted by Gasteiger charge is 2.26. The topological polar surface area (TPSA) is 83.6 Å². The zero-order valence-electron chi connectivity index (χ0n) is 14.1. The first-order valence-electron chi connectivity index (χ1n) is 8.10. The van der Waals surface area contributed by atoms with Crippen molar-refractivity contribution < 1.29 is 21.2 Å². The molecule has 0 aromatic heterocycles. The van der Waals surface area contributed by atoms with Crippen molar-refractivity contribution in [1.82, 2.24) is 4.31 Å². The molecule has 0 radical (unpaired) electrons. The average molecular weight is 398 g/mol. The van der Waals surface area contributed by atoms with Gasteiger partial charge in [-0.05, 0) is 48.7 Å². The normalized spacial score (nSPS) is 15.5. The fourth-order valence-electron chi connectivity index (χ4n) is 2.89. The van der Waals surface area contributed by atoms with E-state index in [-0.39, 0.29) is 18.0 Å². The number of nitrogens with one attached hydrogen (secondary N) is 1. The number of benzene rings is 2. The van der Waals surface area contributed by atoms with Gasteiger partial charge in [-0.25, -0.2) is 21.2 Å². The number of halogens is 1. The van der Waals surface area contributed by atoms with E-state index in [0.717, 1.165) is 17.2 Å². The lowest BCUT2D eigenvalue weighted by atomic mass is 10.0. The van der Waals surface area contributed by atoms with Gasteiger partial charge in [0, 0.05) is 18.8 Å². The van der Waals surface area contributed by atoms with E-state index >= 15 is 0 Å². The summed E-state index contributed by atoms with van der Waals surface area (Å²) in [4.78, 5) is -0.437. The first kappa shape index (κ1) is 18.8. The van der Waals surface area contributed by atoms with E-state index in [1.54, 1.807) is 25.1 Å². The van der Waals surface area contributed by atoms with Gasteiger partial charge in [0.25, 0.3) is 10.0 Å². The van der Waals surface area contributed by atoms with E-state index in [1.807, 2.05) is 0 Å². The standard InChI is InChI=1S/C17H19FN2O4S2/c1-2-25(21,22)20-10-9-13-7-8-15(11-14(13)12-20)19-26(23,24)17-6-4-3-5-16(17)18/h3-8,11,19H,2,9-10,12H2,1H3. The fraction of sp³-hybridized carbons (Fsp3) is 0.294. The molecule has 0 spiro atoms. The van der Waals surface area contributed by atoms with E-state index in [2.05, 4.69) is 4.72 Å². The van der Waals surface area contributed by atoms with E-state index in [1.165, 1.54) is 22.5 Å². The van der Waals surface area contributed by atoms with Crippen LogP contribution in [-0.2, 0) is 33.0 Å². The van der Waals surface area contributed by atoms with Crippen molar-refractivity contribution in [2.75, 3.05) is 17.0 Å². The van der Waals surface area contributed by atoms with Crippen molar-refractivity contribution in [2.45, 2.75) is 24.8 Å². The summed E-state index contributed by atoms with van der Waals surface area (Å²) in [5.74, 6) is -0.819. The van der Waals surface area contributed by atoms with Gasteiger partial charge in [0.05, 0.1) is 5.75 Å².